The van der Waals surface area contributed by atoms with Crippen molar-refractivity contribution in [2.45, 2.75) is 25.7 Å². The second-order valence-electron chi connectivity index (χ2n) is 5.99. The number of hydrogen-bond acceptors (Lipinski definition) is 5. The highest BCUT2D eigenvalue weighted by molar-refractivity contribution is 5.42. The van der Waals surface area contributed by atoms with Crippen molar-refractivity contribution in [3.8, 4) is 11.5 Å². The van der Waals surface area contributed by atoms with Gasteiger partial charge in [0.25, 0.3) is 5.56 Å². The highest BCUT2D eigenvalue weighted by Crippen LogP contribution is 2.29. The maximum Gasteiger partial charge on any atom is 0.449 e. The van der Waals surface area contributed by atoms with Crippen molar-refractivity contribution in [2.75, 3.05) is 20.8 Å². The van der Waals surface area contributed by atoms with Gasteiger partial charge in [0.2, 0.25) is 5.82 Å². The first-order chi connectivity index (χ1) is 12.3. The van der Waals surface area contributed by atoms with Crippen molar-refractivity contribution in [1.29, 1.82) is 0 Å². The predicted molar refractivity (Wildman–Crippen MR) is 87.2 cm³/mol. The van der Waals surface area contributed by atoms with E-state index in [2.05, 4.69) is 4.98 Å². The van der Waals surface area contributed by atoms with Gasteiger partial charge < -0.3 is 14.5 Å². The molecule has 26 heavy (non-hydrogen) atoms. The number of H-pyrrole nitrogens is 1. The Kier molecular flexibility index (Phi) is 4.90. The number of aromatic nitrogens is 2. The maximum atomic E-state index is 12.9. The van der Waals surface area contributed by atoms with Gasteiger partial charge in [-0.1, -0.05) is 6.07 Å². The SMILES string of the molecule is COc1ccc(CN2CCc3c(nc(C(F)(F)F)[nH]c3=O)C2)cc1OC. The molecule has 0 saturated carbocycles. The van der Waals surface area contributed by atoms with Crippen molar-refractivity contribution >= 4 is 0 Å². The van der Waals surface area contributed by atoms with Crippen LogP contribution in [0.15, 0.2) is 23.0 Å². The minimum atomic E-state index is -4.68. The molecule has 0 atom stereocenters. The van der Waals surface area contributed by atoms with Crippen LogP contribution in [0.25, 0.3) is 0 Å². The molecule has 3 rings (SSSR count). The Morgan fingerprint density at radius 2 is 1.96 bits per heavy atom. The quantitative estimate of drug-likeness (QED) is 0.896. The van der Waals surface area contributed by atoms with E-state index < -0.39 is 17.6 Å². The van der Waals surface area contributed by atoms with E-state index >= 15 is 0 Å². The van der Waals surface area contributed by atoms with Crippen molar-refractivity contribution in [2.24, 2.45) is 0 Å². The van der Waals surface area contributed by atoms with E-state index in [0.717, 1.165) is 5.56 Å². The van der Waals surface area contributed by atoms with Gasteiger partial charge in [-0.3, -0.25) is 9.69 Å². The molecule has 0 fully saturated rings. The number of methoxy groups -OCH3 is 2. The fourth-order valence-electron chi connectivity index (χ4n) is 3.00. The molecule has 0 amide bonds. The molecule has 0 saturated heterocycles. The van der Waals surface area contributed by atoms with Crippen LogP contribution >= 0.6 is 0 Å². The van der Waals surface area contributed by atoms with Crippen LogP contribution in [0.1, 0.15) is 22.6 Å². The lowest BCUT2D eigenvalue weighted by atomic mass is 10.1. The summed E-state index contributed by atoms with van der Waals surface area (Å²) < 4.78 is 49.1. The first kappa shape index (κ1) is 18.2. The van der Waals surface area contributed by atoms with E-state index in [-0.39, 0.29) is 12.2 Å². The molecule has 1 aromatic heterocycles. The smallest absolute Gasteiger partial charge is 0.449 e. The zero-order valence-electron chi connectivity index (χ0n) is 14.3. The molecule has 2 heterocycles. The average Bonchev–Trinajstić information content (AvgIpc) is 2.60. The van der Waals surface area contributed by atoms with Gasteiger partial charge in [-0.2, -0.15) is 13.2 Å². The van der Waals surface area contributed by atoms with Crippen molar-refractivity contribution in [1.82, 2.24) is 14.9 Å². The van der Waals surface area contributed by atoms with Crippen LogP contribution in [0.5, 0.6) is 11.5 Å². The number of halogens is 3. The third-order valence-corrected chi connectivity index (χ3v) is 4.28. The lowest BCUT2D eigenvalue weighted by Crippen LogP contribution is -2.36. The Bertz CT molecular complexity index is 865. The Balaban J connectivity index is 1.82. The largest absolute Gasteiger partial charge is 0.493 e. The van der Waals surface area contributed by atoms with Gasteiger partial charge in [-0.25, -0.2) is 4.98 Å². The van der Waals surface area contributed by atoms with E-state index in [1.165, 1.54) is 7.11 Å². The van der Waals surface area contributed by atoms with Gasteiger partial charge in [-0.15, -0.1) is 0 Å². The minimum absolute atomic E-state index is 0.174. The third kappa shape index (κ3) is 3.67. The van der Waals surface area contributed by atoms with Crippen LogP contribution in [0, 0.1) is 0 Å². The van der Waals surface area contributed by atoms with Crippen molar-refractivity contribution in [3.63, 3.8) is 0 Å². The summed E-state index contributed by atoms with van der Waals surface area (Å²) in [6.07, 6.45) is -4.33. The van der Waals surface area contributed by atoms with Crippen molar-refractivity contribution in [3.05, 3.63) is 51.2 Å². The molecule has 140 valence electrons. The van der Waals surface area contributed by atoms with Gasteiger partial charge >= 0.3 is 6.18 Å². The fraction of sp³-hybridized carbons (Fsp3) is 0.412. The molecule has 6 nitrogen and oxygen atoms in total. The average molecular weight is 369 g/mol. The van der Waals surface area contributed by atoms with E-state index in [9.17, 15) is 18.0 Å². The van der Waals surface area contributed by atoms with E-state index in [1.807, 2.05) is 22.0 Å². The zero-order valence-corrected chi connectivity index (χ0v) is 14.3. The van der Waals surface area contributed by atoms with Crippen LogP contribution in [-0.2, 0) is 25.7 Å². The maximum absolute atomic E-state index is 12.9. The number of fused-ring (bicyclic) bond motifs is 1. The van der Waals surface area contributed by atoms with Crippen LogP contribution in [0.3, 0.4) is 0 Å². The molecule has 1 aliphatic rings. The number of aromatic amines is 1. The summed E-state index contributed by atoms with van der Waals surface area (Å²) in [4.78, 5) is 19.3. The second kappa shape index (κ2) is 6.99. The molecule has 1 aromatic carbocycles. The second-order valence-corrected chi connectivity index (χ2v) is 5.99. The molecule has 0 aliphatic carbocycles. The number of benzene rings is 1. The van der Waals surface area contributed by atoms with Gasteiger partial charge in [0, 0.05) is 25.2 Å². The number of nitrogens with one attached hydrogen (secondary N) is 1. The number of nitrogens with zero attached hydrogens (tertiary/aromatic N) is 2. The minimum Gasteiger partial charge on any atom is -0.493 e. The number of hydrogen-bond donors (Lipinski definition) is 1. The monoisotopic (exact) mass is 369 g/mol. The molecule has 9 heteroatoms. The van der Waals surface area contributed by atoms with E-state index in [0.29, 0.717) is 36.6 Å². The van der Waals surface area contributed by atoms with Gasteiger partial charge in [0.1, 0.15) is 0 Å². The molecule has 0 unspecified atom stereocenters. The summed E-state index contributed by atoms with van der Waals surface area (Å²) in [7, 11) is 3.08. The molecule has 1 N–H and O–H groups in total. The third-order valence-electron chi connectivity index (χ3n) is 4.28. The number of alkyl halides is 3. The lowest BCUT2D eigenvalue weighted by Gasteiger charge is -2.28. The molecule has 1 aliphatic heterocycles. The number of ether oxygens (including phenoxy) is 2. The first-order valence-corrected chi connectivity index (χ1v) is 7.94. The summed E-state index contributed by atoms with van der Waals surface area (Å²) in [6.45, 7) is 1.23. The van der Waals surface area contributed by atoms with Gasteiger partial charge in [0.05, 0.1) is 19.9 Å². The standard InChI is InChI=1S/C17H18F3N3O3/c1-25-13-4-3-10(7-14(13)26-2)8-23-6-5-11-12(9-23)21-16(17(18,19)20)22-15(11)24/h3-4,7H,5-6,8-9H2,1-2H3,(H,21,22,24). The zero-order chi connectivity index (χ0) is 18.9. The molecular formula is C17H18F3N3O3. The fourth-order valence-corrected chi connectivity index (χ4v) is 3.00. The normalized spacial score (nSPS) is 14.8. The summed E-state index contributed by atoms with van der Waals surface area (Å²) in [6, 6.07) is 5.46. The van der Waals surface area contributed by atoms with Crippen LogP contribution < -0.4 is 15.0 Å². The predicted octanol–water partition coefficient (Wildman–Crippen LogP) is 2.36. The Labute approximate surface area is 147 Å². The number of rotatable bonds is 4. The summed E-state index contributed by atoms with van der Waals surface area (Å²) in [5.74, 6) is -0.0752. The summed E-state index contributed by atoms with van der Waals surface area (Å²) in [5, 5.41) is 0. The van der Waals surface area contributed by atoms with Crippen molar-refractivity contribution < 1.29 is 22.6 Å². The van der Waals surface area contributed by atoms with Gasteiger partial charge in [-0.05, 0) is 24.1 Å². The summed E-state index contributed by atoms with van der Waals surface area (Å²) >= 11 is 0. The molecule has 0 spiro atoms. The highest BCUT2D eigenvalue weighted by Gasteiger charge is 2.36. The van der Waals surface area contributed by atoms with Crippen LogP contribution in [-0.4, -0.2) is 35.6 Å². The Morgan fingerprint density at radius 1 is 1.23 bits per heavy atom. The first-order valence-electron chi connectivity index (χ1n) is 7.94. The topological polar surface area (TPSA) is 67.5 Å². The van der Waals surface area contributed by atoms with E-state index in [4.69, 9.17) is 9.47 Å². The highest BCUT2D eigenvalue weighted by atomic mass is 19.4. The molecule has 0 bridgehead atoms. The molecular weight excluding hydrogens is 351 g/mol. The summed E-state index contributed by atoms with van der Waals surface area (Å²) in [5.41, 5.74) is 0.703. The van der Waals surface area contributed by atoms with Crippen LogP contribution in [0.2, 0.25) is 0 Å². The molecule has 2 aromatic rings. The Morgan fingerprint density at radius 3 is 2.62 bits per heavy atom. The Hall–Kier alpha value is -2.55. The van der Waals surface area contributed by atoms with Crippen LogP contribution in [0.4, 0.5) is 13.2 Å². The molecule has 0 radical (unpaired) electrons. The van der Waals surface area contributed by atoms with Gasteiger partial charge in [0.15, 0.2) is 11.5 Å². The van der Waals surface area contributed by atoms with E-state index in [1.54, 1.807) is 13.2 Å². The lowest BCUT2D eigenvalue weighted by molar-refractivity contribution is -0.145.